The van der Waals surface area contributed by atoms with Gasteiger partial charge in [0.1, 0.15) is 0 Å². The van der Waals surface area contributed by atoms with Gasteiger partial charge in [-0.3, -0.25) is 25.8 Å². The van der Waals surface area contributed by atoms with E-state index in [0.29, 0.717) is 16.1 Å². The Balaban J connectivity index is 1.85. The Morgan fingerprint density at radius 2 is 1.39 bits per heavy atom. The fourth-order valence-electron chi connectivity index (χ4n) is 1.59. The molecule has 2 amide bonds. The lowest BCUT2D eigenvalue weighted by Crippen LogP contribution is -2.48. The van der Waals surface area contributed by atoms with Gasteiger partial charge in [-0.15, -0.1) is 0 Å². The minimum atomic E-state index is -0.401. The van der Waals surface area contributed by atoms with Gasteiger partial charge in [0.25, 0.3) is 11.8 Å². The molecule has 0 saturated heterocycles. The maximum atomic E-state index is 11.9. The zero-order valence-corrected chi connectivity index (χ0v) is 14.8. The van der Waals surface area contributed by atoms with E-state index in [1.165, 1.54) is 0 Å². The molecule has 0 radical (unpaired) electrons. The quantitative estimate of drug-likeness (QED) is 0.524. The van der Waals surface area contributed by atoms with E-state index < -0.39 is 5.91 Å². The minimum absolute atomic E-state index is 0.0137. The molecule has 0 spiro atoms. The first-order chi connectivity index (χ1) is 11.0. The second kappa shape index (κ2) is 8.05. The molecule has 8 heteroatoms. The number of carbonyl (C=O) groups is 2. The summed E-state index contributed by atoms with van der Waals surface area (Å²) in [7, 11) is 0. The molecule has 0 saturated carbocycles. The molecular formula is C15H11BrClN3O2S. The summed E-state index contributed by atoms with van der Waals surface area (Å²) in [5.41, 5.74) is 5.71. The second-order valence-electron chi connectivity index (χ2n) is 4.38. The molecule has 2 rings (SSSR count). The van der Waals surface area contributed by atoms with Gasteiger partial charge in [0, 0.05) is 20.6 Å². The van der Waals surface area contributed by atoms with Crippen molar-refractivity contribution in [2.45, 2.75) is 0 Å². The van der Waals surface area contributed by atoms with Crippen LogP contribution >= 0.6 is 39.7 Å². The van der Waals surface area contributed by atoms with E-state index in [0.717, 1.165) is 4.47 Å². The molecule has 0 unspecified atom stereocenters. The van der Waals surface area contributed by atoms with E-state index in [2.05, 4.69) is 32.1 Å². The van der Waals surface area contributed by atoms with Crippen molar-refractivity contribution in [2.75, 3.05) is 0 Å². The number of nitrogens with one attached hydrogen (secondary N) is 3. The van der Waals surface area contributed by atoms with Crippen LogP contribution in [0.15, 0.2) is 53.0 Å². The maximum absolute atomic E-state index is 11.9. The number of thiocarbonyl (C=S) groups is 1. The van der Waals surface area contributed by atoms with Gasteiger partial charge >= 0.3 is 0 Å². The molecule has 2 aromatic rings. The summed E-state index contributed by atoms with van der Waals surface area (Å²) >= 11 is 14.0. The molecule has 0 aromatic heterocycles. The van der Waals surface area contributed by atoms with Crippen molar-refractivity contribution in [1.29, 1.82) is 0 Å². The molecule has 23 heavy (non-hydrogen) atoms. The Morgan fingerprint density at radius 3 is 2.00 bits per heavy atom. The van der Waals surface area contributed by atoms with Crippen LogP contribution in [0, 0.1) is 0 Å². The number of hydrazine groups is 1. The summed E-state index contributed by atoms with van der Waals surface area (Å²) < 4.78 is 0.866. The standard InChI is InChI=1S/C15H11BrClN3O2S/c16-11-5-1-9(2-6-11)13(21)18-15(23)20-19-14(22)10-3-7-12(17)8-4-10/h1-8H,(H,19,22)(H2,18,20,21,23). The lowest BCUT2D eigenvalue weighted by Gasteiger charge is -2.11. The molecule has 0 heterocycles. The first-order valence-electron chi connectivity index (χ1n) is 6.38. The summed E-state index contributed by atoms with van der Waals surface area (Å²) in [6, 6.07) is 13.1. The van der Waals surface area contributed by atoms with Crippen molar-refractivity contribution in [3.8, 4) is 0 Å². The summed E-state index contributed by atoms with van der Waals surface area (Å²) in [6.45, 7) is 0. The highest BCUT2D eigenvalue weighted by Gasteiger charge is 2.09. The highest BCUT2D eigenvalue weighted by Crippen LogP contribution is 2.10. The predicted octanol–water partition coefficient (Wildman–Crippen LogP) is 3.05. The third-order valence-corrected chi connectivity index (χ3v) is 3.71. The van der Waals surface area contributed by atoms with E-state index in [1.807, 2.05) is 0 Å². The number of carbonyl (C=O) groups excluding carboxylic acids is 2. The summed E-state index contributed by atoms with van der Waals surface area (Å²) in [5.74, 6) is -0.780. The van der Waals surface area contributed by atoms with Crippen LogP contribution in [0.5, 0.6) is 0 Å². The van der Waals surface area contributed by atoms with Crippen molar-refractivity contribution < 1.29 is 9.59 Å². The number of halogens is 2. The van der Waals surface area contributed by atoms with Crippen molar-refractivity contribution in [3.05, 3.63) is 69.2 Å². The normalized spacial score (nSPS) is 9.83. The van der Waals surface area contributed by atoms with Crippen LogP contribution in [-0.2, 0) is 0 Å². The van der Waals surface area contributed by atoms with Gasteiger partial charge in [0.05, 0.1) is 0 Å². The molecule has 3 N–H and O–H groups in total. The van der Waals surface area contributed by atoms with Crippen molar-refractivity contribution in [3.63, 3.8) is 0 Å². The van der Waals surface area contributed by atoms with Gasteiger partial charge in [0.15, 0.2) is 5.11 Å². The average Bonchev–Trinajstić information content (AvgIpc) is 2.54. The Morgan fingerprint density at radius 1 is 0.870 bits per heavy atom. The van der Waals surface area contributed by atoms with E-state index in [9.17, 15) is 9.59 Å². The Hall–Kier alpha value is -1.96. The Labute approximate surface area is 151 Å². The predicted molar refractivity (Wildman–Crippen MR) is 96.3 cm³/mol. The molecule has 5 nitrogen and oxygen atoms in total. The number of hydrogen-bond donors (Lipinski definition) is 3. The lowest BCUT2D eigenvalue weighted by molar-refractivity contribution is 0.0934. The third-order valence-electron chi connectivity index (χ3n) is 2.73. The van der Waals surface area contributed by atoms with Gasteiger partial charge in [-0.25, -0.2) is 0 Å². The number of hydrogen-bond acceptors (Lipinski definition) is 3. The molecule has 0 fully saturated rings. The highest BCUT2D eigenvalue weighted by atomic mass is 79.9. The smallest absolute Gasteiger partial charge is 0.269 e. The van der Waals surface area contributed by atoms with E-state index in [-0.39, 0.29) is 11.0 Å². The molecule has 0 atom stereocenters. The number of rotatable bonds is 2. The summed E-state index contributed by atoms with van der Waals surface area (Å²) in [5, 5.41) is 2.98. The fourth-order valence-corrected chi connectivity index (χ4v) is 2.13. The van der Waals surface area contributed by atoms with Crippen molar-refractivity contribution in [2.24, 2.45) is 0 Å². The van der Waals surface area contributed by atoms with Gasteiger partial charge in [-0.1, -0.05) is 27.5 Å². The molecule has 0 bridgehead atoms. The SMILES string of the molecule is O=C(NNC(=S)NC(=O)c1ccc(Br)cc1)c1ccc(Cl)cc1. The van der Waals surface area contributed by atoms with Crippen molar-refractivity contribution >= 4 is 56.7 Å². The van der Waals surface area contributed by atoms with Gasteiger partial charge in [-0.2, -0.15) is 0 Å². The zero-order valence-electron chi connectivity index (χ0n) is 11.6. The fraction of sp³-hybridized carbons (Fsp3) is 0. The molecule has 0 aliphatic heterocycles. The average molecular weight is 413 g/mol. The highest BCUT2D eigenvalue weighted by molar-refractivity contribution is 9.10. The number of amides is 2. The van der Waals surface area contributed by atoms with Crippen LogP contribution in [0.1, 0.15) is 20.7 Å². The van der Waals surface area contributed by atoms with E-state index in [1.54, 1.807) is 48.5 Å². The van der Waals surface area contributed by atoms with Crippen molar-refractivity contribution in [1.82, 2.24) is 16.2 Å². The Kier molecular flexibility index (Phi) is 6.09. The summed E-state index contributed by atoms with van der Waals surface area (Å²) in [6.07, 6.45) is 0. The van der Waals surface area contributed by atoms with Crippen LogP contribution in [0.2, 0.25) is 5.02 Å². The first kappa shape index (κ1) is 17.4. The lowest BCUT2D eigenvalue weighted by atomic mass is 10.2. The van der Waals surface area contributed by atoms with Gasteiger partial charge in [-0.05, 0) is 60.7 Å². The van der Waals surface area contributed by atoms with Gasteiger partial charge < -0.3 is 0 Å². The van der Waals surface area contributed by atoms with Crippen LogP contribution in [0.4, 0.5) is 0 Å². The van der Waals surface area contributed by atoms with Crippen LogP contribution in [0.25, 0.3) is 0 Å². The van der Waals surface area contributed by atoms with Gasteiger partial charge in [0.2, 0.25) is 0 Å². The Bertz CT molecular complexity index is 735. The monoisotopic (exact) mass is 411 g/mol. The molecular weight excluding hydrogens is 402 g/mol. The summed E-state index contributed by atoms with van der Waals surface area (Å²) in [4.78, 5) is 23.8. The molecule has 0 aliphatic carbocycles. The van der Waals surface area contributed by atoms with Crippen LogP contribution in [-0.4, -0.2) is 16.9 Å². The molecule has 118 valence electrons. The van der Waals surface area contributed by atoms with Crippen LogP contribution in [0.3, 0.4) is 0 Å². The van der Waals surface area contributed by atoms with Crippen LogP contribution < -0.4 is 16.2 Å². The molecule has 0 aliphatic rings. The second-order valence-corrected chi connectivity index (χ2v) is 6.14. The third kappa shape index (κ3) is 5.31. The van der Waals surface area contributed by atoms with E-state index >= 15 is 0 Å². The molecule has 2 aromatic carbocycles. The largest absolute Gasteiger partial charge is 0.298 e. The first-order valence-corrected chi connectivity index (χ1v) is 7.96. The number of benzene rings is 2. The maximum Gasteiger partial charge on any atom is 0.269 e. The topological polar surface area (TPSA) is 70.2 Å². The minimum Gasteiger partial charge on any atom is -0.298 e. The van der Waals surface area contributed by atoms with E-state index in [4.69, 9.17) is 23.8 Å². The zero-order chi connectivity index (χ0) is 16.8.